The van der Waals surface area contributed by atoms with E-state index in [1.807, 2.05) is 6.33 Å². The molecule has 1 aromatic rings. The fraction of sp³-hybridized carbons (Fsp3) is 0.824. The fourth-order valence-corrected chi connectivity index (χ4v) is 3.91. The maximum Gasteiger partial charge on any atom is 0.225 e. The molecule has 3 rings (SSSR count). The highest BCUT2D eigenvalue weighted by Gasteiger charge is 2.32. The summed E-state index contributed by atoms with van der Waals surface area (Å²) in [5, 5.41) is 8.32. The Balaban J connectivity index is 1.55. The van der Waals surface area contributed by atoms with Gasteiger partial charge in [0.15, 0.2) is 0 Å². The molecular weight excluding hydrogens is 276 g/mol. The van der Waals surface area contributed by atoms with Gasteiger partial charge in [-0.15, -0.1) is 10.2 Å². The van der Waals surface area contributed by atoms with Gasteiger partial charge in [0.25, 0.3) is 0 Å². The maximum absolute atomic E-state index is 12.6. The molecule has 22 heavy (non-hydrogen) atoms. The highest BCUT2D eigenvalue weighted by atomic mass is 16.2. The van der Waals surface area contributed by atoms with Crippen LogP contribution in [0.15, 0.2) is 6.33 Å². The van der Waals surface area contributed by atoms with Gasteiger partial charge >= 0.3 is 0 Å². The fourth-order valence-electron chi connectivity index (χ4n) is 3.91. The smallest absolute Gasteiger partial charge is 0.225 e. The van der Waals surface area contributed by atoms with Crippen molar-refractivity contribution in [3.63, 3.8) is 0 Å². The molecule has 1 atom stereocenters. The number of hydrogen-bond acceptors (Lipinski definition) is 3. The summed E-state index contributed by atoms with van der Waals surface area (Å²) in [6, 6.07) is 0.395. The van der Waals surface area contributed by atoms with Gasteiger partial charge in [0.05, 0.1) is 0 Å². The van der Waals surface area contributed by atoms with Gasteiger partial charge in [0.2, 0.25) is 5.91 Å². The van der Waals surface area contributed by atoms with E-state index in [2.05, 4.69) is 33.5 Å². The van der Waals surface area contributed by atoms with Gasteiger partial charge in [-0.3, -0.25) is 4.79 Å². The lowest BCUT2D eigenvalue weighted by Crippen LogP contribution is -2.35. The standard InChI is InChI=1S/C17H28N4O/c1-13(2)21-12-18-19-16(21)10-14-8-9-20(11-14)17(22)15-6-4-3-5-7-15/h12-15H,3-11H2,1-2H3. The highest BCUT2D eigenvalue weighted by Crippen LogP contribution is 2.28. The molecule has 1 aromatic heterocycles. The molecule has 0 aromatic carbocycles. The Labute approximate surface area is 133 Å². The summed E-state index contributed by atoms with van der Waals surface area (Å²) in [5.74, 6) is 2.31. The monoisotopic (exact) mass is 304 g/mol. The van der Waals surface area contributed by atoms with E-state index >= 15 is 0 Å². The Kier molecular flexibility index (Phi) is 4.79. The van der Waals surface area contributed by atoms with Crippen molar-refractivity contribution in [2.24, 2.45) is 11.8 Å². The first-order valence-electron chi connectivity index (χ1n) is 8.82. The van der Waals surface area contributed by atoms with Crippen LogP contribution in [0.1, 0.15) is 64.2 Å². The van der Waals surface area contributed by atoms with Crippen LogP contribution in [0, 0.1) is 11.8 Å². The first kappa shape index (κ1) is 15.5. The molecule has 0 radical (unpaired) electrons. The molecule has 1 saturated heterocycles. The summed E-state index contributed by atoms with van der Waals surface area (Å²) >= 11 is 0. The van der Waals surface area contributed by atoms with Crippen LogP contribution in [0.25, 0.3) is 0 Å². The molecule has 1 aliphatic heterocycles. The molecule has 2 heterocycles. The number of rotatable bonds is 4. The van der Waals surface area contributed by atoms with E-state index in [-0.39, 0.29) is 0 Å². The van der Waals surface area contributed by atoms with E-state index in [0.29, 0.717) is 23.8 Å². The number of carbonyl (C=O) groups is 1. The van der Waals surface area contributed by atoms with Crippen LogP contribution >= 0.6 is 0 Å². The molecule has 0 bridgehead atoms. The normalized spacial score (nSPS) is 23.4. The summed E-state index contributed by atoms with van der Waals surface area (Å²) in [5.41, 5.74) is 0. The second-order valence-electron chi connectivity index (χ2n) is 7.23. The number of nitrogens with zero attached hydrogens (tertiary/aromatic N) is 4. The van der Waals surface area contributed by atoms with Crippen molar-refractivity contribution in [1.29, 1.82) is 0 Å². The first-order valence-corrected chi connectivity index (χ1v) is 8.82. The first-order chi connectivity index (χ1) is 10.6. The minimum atomic E-state index is 0.298. The number of carbonyl (C=O) groups excluding carboxylic acids is 1. The predicted molar refractivity (Wildman–Crippen MR) is 85.4 cm³/mol. The van der Waals surface area contributed by atoms with Gasteiger partial charge in [-0.1, -0.05) is 19.3 Å². The summed E-state index contributed by atoms with van der Waals surface area (Å²) in [6.45, 7) is 6.14. The second kappa shape index (κ2) is 6.80. The minimum Gasteiger partial charge on any atom is -0.342 e. The van der Waals surface area contributed by atoms with Crippen LogP contribution in [0.2, 0.25) is 0 Å². The van der Waals surface area contributed by atoms with Crippen LogP contribution in [-0.2, 0) is 11.2 Å². The van der Waals surface area contributed by atoms with Crippen LogP contribution in [-0.4, -0.2) is 38.7 Å². The quantitative estimate of drug-likeness (QED) is 0.859. The van der Waals surface area contributed by atoms with Crippen molar-refractivity contribution in [2.45, 2.75) is 64.8 Å². The summed E-state index contributed by atoms with van der Waals surface area (Å²) in [6.07, 6.45) is 9.81. The van der Waals surface area contributed by atoms with E-state index < -0.39 is 0 Å². The third-order valence-electron chi connectivity index (χ3n) is 5.23. The molecule has 5 heteroatoms. The molecule has 1 aliphatic carbocycles. The molecular formula is C17H28N4O. The average molecular weight is 304 g/mol. The number of aromatic nitrogens is 3. The van der Waals surface area contributed by atoms with E-state index in [4.69, 9.17) is 0 Å². The zero-order valence-electron chi connectivity index (χ0n) is 13.9. The maximum atomic E-state index is 12.6. The van der Waals surface area contributed by atoms with Crippen LogP contribution in [0.5, 0.6) is 0 Å². The van der Waals surface area contributed by atoms with Crippen LogP contribution in [0.3, 0.4) is 0 Å². The van der Waals surface area contributed by atoms with Crippen molar-refractivity contribution < 1.29 is 4.79 Å². The van der Waals surface area contributed by atoms with Crippen molar-refractivity contribution in [3.05, 3.63) is 12.2 Å². The molecule has 5 nitrogen and oxygen atoms in total. The zero-order chi connectivity index (χ0) is 15.5. The number of likely N-dealkylation sites (tertiary alicyclic amines) is 1. The Morgan fingerprint density at radius 1 is 1.27 bits per heavy atom. The average Bonchev–Trinajstić information content (AvgIpc) is 3.17. The molecule has 2 aliphatic rings. The van der Waals surface area contributed by atoms with E-state index in [1.165, 1.54) is 19.3 Å². The van der Waals surface area contributed by atoms with Crippen LogP contribution < -0.4 is 0 Å². The minimum absolute atomic E-state index is 0.298. The highest BCUT2D eigenvalue weighted by molar-refractivity contribution is 5.79. The van der Waals surface area contributed by atoms with Crippen molar-refractivity contribution in [2.75, 3.05) is 13.1 Å². The van der Waals surface area contributed by atoms with Crippen LogP contribution in [0.4, 0.5) is 0 Å². The van der Waals surface area contributed by atoms with Crippen molar-refractivity contribution in [3.8, 4) is 0 Å². The molecule has 1 unspecified atom stereocenters. The lowest BCUT2D eigenvalue weighted by atomic mass is 9.88. The van der Waals surface area contributed by atoms with Gasteiger partial charge in [-0.2, -0.15) is 0 Å². The Morgan fingerprint density at radius 3 is 2.77 bits per heavy atom. The number of amides is 1. The van der Waals surface area contributed by atoms with E-state index in [1.54, 1.807) is 0 Å². The van der Waals surface area contributed by atoms with Gasteiger partial charge in [-0.25, -0.2) is 0 Å². The number of hydrogen-bond donors (Lipinski definition) is 0. The summed E-state index contributed by atoms with van der Waals surface area (Å²) in [4.78, 5) is 14.7. The predicted octanol–water partition coefficient (Wildman–Crippen LogP) is 2.83. The lowest BCUT2D eigenvalue weighted by molar-refractivity contribution is -0.135. The Morgan fingerprint density at radius 2 is 2.05 bits per heavy atom. The third kappa shape index (κ3) is 3.33. The van der Waals surface area contributed by atoms with Crippen molar-refractivity contribution in [1.82, 2.24) is 19.7 Å². The van der Waals surface area contributed by atoms with Gasteiger partial charge in [0, 0.05) is 31.5 Å². The second-order valence-corrected chi connectivity index (χ2v) is 7.23. The van der Waals surface area contributed by atoms with Gasteiger partial charge in [-0.05, 0) is 39.0 Å². The zero-order valence-corrected chi connectivity index (χ0v) is 13.9. The summed E-state index contributed by atoms with van der Waals surface area (Å²) in [7, 11) is 0. The lowest BCUT2D eigenvalue weighted by Gasteiger charge is -2.26. The Bertz CT molecular complexity index is 505. The molecule has 2 fully saturated rings. The third-order valence-corrected chi connectivity index (χ3v) is 5.23. The summed E-state index contributed by atoms with van der Waals surface area (Å²) < 4.78 is 2.14. The Hall–Kier alpha value is -1.39. The molecule has 0 N–H and O–H groups in total. The van der Waals surface area contributed by atoms with E-state index in [9.17, 15) is 4.79 Å². The largest absolute Gasteiger partial charge is 0.342 e. The van der Waals surface area contributed by atoms with Gasteiger partial charge < -0.3 is 9.47 Å². The molecule has 1 saturated carbocycles. The molecule has 1 amide bonds. The molecule has 122 valence electrons. The molecule has 0 spiro atoms. The SMILES string of the molecule is CC(C)n1cnnc1CC1CCN(C(=O)C2CCCCC2)C1. The van der Waals surface area contributed by atoms with Crippen molar-refractivity contribution >= 4 is 5.91 Å². The van der Waals surface area contributed by atoms with Gasteiger partial charge in [0.1, 0.15) is 12.2 Å². The van der Waals surface area contributed by atoms with E-state index in [0.717, 1.165) is 44.6 Å². The topological polar surface area (TPSA) is 51.0 Å².